The molecule has 0 aliphatic heterocycles. The van der Waals surface area contributed by atoms with Crippen LogP contribution in [0.5, 0.6) is 0 Å². The molecule has 0 aliphatic rings. The van der Waals surface area contributed by atoms with Gasteiger partial charge in [0.05, 0.1) is 83.2 Å². The number of nitrogens with zero attached hydrogens (tertiary/aromatic N) is 3. The van der Waals surface area contributed by atoms with Gasteiger partial charge in [0.15, 0.2) is 0 Å². The van der Waals surface area contributed by atoms with E-state index in [2.05, 4.69) is 19.7 Å². The summed E-state index contributed by atoms with van der Waals surface area (Å²) < 4.78 is 52.1. The first kappa shape index (κ1) is 40.1. The molecule has 0 radical (unpaired) electrons. The monoisotopic (exact) mass is 608 g/mol. The predicted molar refractivity (Wildman–Crippen MR) is 168 cm³/mol. The number of ether oxygens (including phenoxy) is 3. The molecular weight excluding hydrogens is 545 g/mol. The minimum Gasteiger partial charge on any atom is -0.368 e. The molecule has 0 bridgehead atoms. The van der Waals surface area contributed by atoms with Gasteiger partial charge in [-0.15, -0.1) is 19.7 Å². The van der Waals surface area contributed by atoms with Crippen molar-refractivity contribution in [1.82, 2.24) is 0 Å². The summed E-state index contributed by atoms with van der Waals surface area (Å²) in [5.41, 5.74) is 0. The Hall–Kier alpha value is -0.910. The molecule has 0 fully saturated rings. The lowest BCUT2D eigenvalue weighted by Crippen LogP contribution is -2.55. The number of phosphoric ester groups is 1. The Bertz CT molecular complexity index is 716. The van der Waals surface area contributed by atoms with Crippen molar-refractivity contribution >= 4 is 7.82 Å². The van der Waals surface area contributed by atoms with Crippen LogP contribution in [0.2, 0.25) is 0 Å². The standard InChI is InChI=1S/C30H63N3O7P/c1-16-19-35-25(4)28(31(7,8)9)22-38-41(34,39-23-29(32(10,11)12)26(5)36-20-17-2)40-24-30(33(13,14)15)27(6)37-21-18-3/h16-18,25-30H,1-3,19-24H2,4-15H3/q+3. The van der Waals surface area contributed by atoms with E-state index in [4.69, 9.17) is 27.8 Å². The Morgan fingerprint density at radius 2 is 0.756 bits per heavy atom. The molecule has 242 valence electrons. The van der Waals surface area contributed by atoms with Crippen molar-refractivity contribution < 1.29 is 45.8 Å². The van der Waals surface area contributed by atoms with Gasteiger partial charge in [0, 0.05) is 0 Å². The molecule has 0 saturated carbocycles. The lowest BCUT2D eigenvalue weighted by atomic mass is 10.1. The minimum absolute atomic E-state index is 0.105. The van der Waals surface area contributed by atoms with Gasteiger partial charge in [-0.1, -0.05) is 18.2 Å². The molecule has 10 nitrogen and oxygen atoms in total. The van der Waals surface area contributed by atoms with E-state index < -0.39 is 7.82 Å². The molecular formula is C30H63N3O7P+3. The van der Waals surface area contributed by atoms with Crippen molar-refractivity contribution in [2.45, 2.75) is 57.2 Å². The molecule has 41 heavy (non-hydrogen) atoms. The van der Waals surface area contributed by atoms with Crippen LogP contribution in [0.15, 0.2) is 38.0 Å². The summed E-state index contributed by atoms with van der Waals surface area (Å²) in [6.07, 6.45) is 4.55. The van der Waals surface area contributed by atoms with E-state index in [0.717, 1.165) is 0 Å². The Balaban J connectivity index is 6.18. The smallest absolute Gasteiger partial charge is 0.368 e. The van der Waals surface area contributed by atoms with Crippen LogP contribution in [-0.2, 0) is 32.3 Å². The average molecular weight is 609 g/mol. The molecule has 0 aliphatic carbocycles. The number of rotatable bonds is 24. The molecule has 0 saturated heterocycles. The van der Waals surface area contributed by atoms with Gasteiger partial charge in [-0.2, -0.15) is 0 Å². The summed E-state index contributed by atoms with van der Waals surface area (Å²) in [4.78, 5) is 0. The molecule has 0 aromatic rings. The van der Waals surface area contributed by atoms with Gasteiger partial charge in [0.2, 0.25) is 0 Å². The molecule has 11 heteroatoms. The van der Waals surface area contributed by atoms with Crippen molar-refractivity contribution in [2.24, 2.45) is 0 Å². The van der Waals surface area contributed by atoms with Crippen LogP contribution in [0.25, 0.3) is 0 Å². The average Bonchev–Trinajstić information content (AvgIpc) is 2.82. The summed E-state index contributed by atoms with van der Waals surface area (Å²) in [6, 6.07) is -0.448. The lowest BCUT2D eigenvalue weighted by molar-refractivity contribution is -0.900. The Labute approximate surface area is 251 Å². The number of hydrogen-bond donors (Lipinski definition) is 0. The van der Waals surface area contributed by atoms with Crippen molar-refractivity contribution in [3.8, 4) is 0 Å². The fourth-order valence-corrected chi connectivity index (χ4v) is 5.80. The normalized spacial score (nSPS) is 18.9. The molecule has 0 amide bonds. The van der Waals surface area contributed by atoms with Gasteiger partial charge >= 0.3 is 7.82 Å². The van der Waals surface area contributed by atoms with Crippen LogP contribution >= 0.6 is 7.82 Å². The van der Waals surface area contributed by atoms with Gasteiger partial charge in [0.1, 0.15) is 56.3 Å². The third-order valence-electron chi connectivity index (χ3n) is 7.25. The largest absolute Gasteiger partial charge is 0.475 e. The third-order valence-corrected chi connectivity index (χ3v) is 8.65. The van der Waals surface area contributed by atoms with Gasteiger partial charge in [-0.05, 0) is 20.8 Å². The topological polar surface area (TPSA) is 72.5 Å². The maximum Gasteiger partial charge on any atom is 0.475 e. The van der Waals surface area contributed by atoms with Crippen molar-refractivity contribution in [1.29, 1.82) is 0 Å². The number of hydrogen-bond acceptors (Lipinski definition) is 7. The summed E-state index contributed by atoms with van der Waals surface area (Å²) in [7, 11) is 14.4. The summed E-state index contributed by atoms with van der Waals surface area (Å²) in [5, 5.41) is 0. The first-order chi connectivity index (χ1) is 18.7. The molecule has 6 atom stereocenters. The van der Waals surface area contributed by atoms with Crippen LogP contribution in [0.4, 0.5) is 0 Å². The van der Waals surface area contributed by atoms with E-state index in [-0.39, 0.29) is 56.3 Å². The quantitative estimate of drug-likeness (QED) is 0.0927. The summed E-state index contributed by atoms with van der Waals surface area (Å²) in [6.45, 7) is 18.7. The predicted octanol–water partition coefficient (Wildman–Crippen LogP) is 4.14. The summed E-state index contributed by atoms with van der Waals surface area (Å²) >= 11 is 0. The van der Waals surface area contributed by atoms with Crippen LogP contribution in [-0.4, -0.2) is 153 Å². The Kier molecular flexibility index (Phi) is 17.6. The van der Waals surface area contributed by atoms with E-state index in [1.165, 1.54) is 0 Å². The van der Waals surface area contributed by atoms with Crippen molar-refractivity contribution in [3.05, 3.63) is 38.0 Å². The maximum absolute atomic E-state index is 14.4. The second-order valence-electron chi connectivity index (χ2n) is 13.4. The van der Waals surface area contributed by atoms with E-state index in [0.29, 0.717) is 33.3 Å². The second-order valence-corrected chi connectivity index (χ2v) is 15.0. The van der Waals surface area contributed by atoms with Crippen LogP contribution in [0, 0.1) is 0 Å². The SMILES string of the molecule is C=CCOC(C)C(COP(=O)(OCC(C(C)OCC=C)[N+](C)(C)C)OCC(C(C)OCC=C)[N+](C)(C)C)[N+](C)(C)C. The molecule has 0 heterocycles. The maximum atomic E-state index is 14.4. The van der Waals surface area contributed by atoms with Crippen LogP contribution in [0.3, 0.4) is 0 Å². The van der Waals surface area contributed by atoms with Gasteiger partial charge in [-0.3, -0.25) is 13.6 Å². The highest BCUT2D eigenvalue weighted by atomic mass is 31.2. The van der Waals surface area contributed by atoms with Crippen LogP contribution in [0.1, 0.15) is 20.8 Å². The lowest BCUT2D eigenvalue weighted by Gasteiger charge is -2.40. The highest BCUT2D eigenvalue weighted by Gasteiger charge is 2.41. The Morgan fingerprint density at radius 1 is 0.537 bits per heavy atom. The van der Waals surface area contributed by atoms with Crippen molar-refractivity contribution in [3.63, 3.8) is 0 Å². The van der Waals surface area contributed by atoms with E-state index in [1.54, 1.807) is 18.2 Å². The zero-order chi connectivity index (χ0) is 32.1. The van der Waals surface area contributed by atoms with Gasteiger partial charge < -0.3 is 27.7 Å². The van der Waals surface area contributed by atoms with Crippen molar-refractivity contribution in [2.75, 3.05) is 103 Å². The fourth-order valence-electron chi connectivity index (χ4n) is 4.57. The summed E-state index contributed by atoms with van der Waals surface area (Å²) in [5.74, 6) is 0. The number of phosphoric acid groups is 1. The first-order valence-electron chi connectivity index (χ1n) is 14.4. The fraction of sp³-hybridized carbons (Fsp3) is 0.800. The van der Waals surface area contributed by atoms with E-state index in [9.17, 15) is 4.57 Å². The Morgan fingerprint density at radius 3 is 0.927 bits per heavy atom. The number of quaternary nitrogens is 3. The molecule has 0 aromatic carbocycles. The highest BCUT2D eigenvalue weighted by molar-refractivity contribution is 7.48. The van der Waals surface area contributed by atoms with Gasteiger partial charge in [0.25, 0.3) is 0 Å². The van der Waals surface area contributed by atoms with E-state index >= 15 is 0 Å². The zero-order valence-electron chi connectivity index (χ0n) is 28.2. The van der Waals surface area contributed by atoms with E-state index in [1.807, 2.05) is 84.2 Å². The molecule has 0 aromatic heterocycles. The van der Waals surface area contributed by atoms with Crippen LogP contribution < -0.4 is 0 Å². The van der Waals surface area contributed by atoms with Gasteiger partial charge in [-0.25, -0.2) is 4.57 Å². The molecule has 0 rings (SSSR count). The third kappa shape index (κ3) is 15.4. The number of likely N-dealkylation sites (N-methyl/N-ethyl adjacent to an activating group) is 3. The zero-order valence-corrected chi connectivity index (χ0v) is 29.1. The molecule has 0 spiro atoms. The second kappa shape index (κ2) is 18.0. The minimum atomic E-state index is -4.04. The molecule has 0 N–H and O–H groups in total. The highest BCUT2D eigenvalue weighted by Crippen LogP contribution is 2.50. The first-order valence-corrected chi connectivity index (χ1v) is 15.8. The molecule has 6 unspecified atom stereocenters.